The molecule has 2 aliphatic rings. The summed E-state index contributed by atoms with van der Waals surface area (Å²) >= 11 is 0. The molecule has 190 valence electrons. The van der Waals surface area contributed by atoms with E-state index in [1.807, 2.05) is 0 Å². The lowest BCUT2D eigenvalue weighted by Crippen LogP contribution is -2.47. The molecule has 0 saturated carbocycles. The summed E-state index contributed by atoms with van der Waals surface area (Å²) in [7, 11) is 13.6. The van der Waals surface area contributed by atoms with E-state index in [2.05, 4.69) is 81.5 Å². The average molecular weight is 455 g/mol. The summed E-state index contributed by atoms with van der Waals surface area (Å²) in [6, 6.07) is 0. The summed E-state index contributed by atoms with van der Waals surface area (Å²) < 4.78 is 0. The highest BCUT2D eigenvalue weighted by molar-refractivity contribution is 4.72. The lowest BCUT2D eigenvalue weighted by Gasteiger charge is -2.34. The van der Waals surface area contributed by atoms with Gasteiger partial charge < -0.3 is 29.4 Å². The number of hydrogen-bond donors (Lipinski definition) is 0. The molecule has 2 fully saturated rings. The Morgan fingerprint density at radius 3 is 0.625 bits per heavy atom. The topological polar surface area (TPSA) is 25.9 Å². The Hall–Kier alpha value is -0.320. The first-order chi connectivity index (χ1) is 15.3. The summed E-state index contributed by atoms with van der Waals surface area (Å²) in [5.41, 5.74) is 0. The summed E-state index contributed by atoms with van der Waals surface area (Å²) in [5, 5.41) is 0. The molecular formula is C24H54N8. The first-order valence-electron chi connectivity index (χ1n) is 12.9. The van der Waals surface area contributed by atoms with E-state index in [1.54, 1.807) is 0 Å². The number of hydrogen-bond acceptors (Lipinski definition) is 8. The maximum atomic E-state index is 2.71. The van der Waals surface area contributed by atoms with Crippen molar-refractivity contribution in [3.8, 4) is 0 Å². The Morgan fingerprint density at radius 1 is 0.281 bits per heavy atom. The van der Waals surface area contributed by atoms with Crippen molar-refractivity contribution in [2.75, 3.05) is 160 Å². The molecule has 0 unspecified atom stereocenters. The molecule has 2 saturated heterocycles. The van der Waals surface area contributed by atoms with Gasteiger partial charge in [-0.2, -0.15) is 0 Å². The van der Waals surface area contributed by atoms with Crippen molar-refractivity contribution in [2.45, 2.75) is 0 Å². The minimum absolute atomic E-state index is 1.16. The monoisotopic (exact) mass is 454 g/mol. The molecular weight excluding hydrogens is 400 g/mol. The second-order valence-corrected chi connectivity index (χ2v) is 10.5. The van der Waals surface area contributed by atoms with Gasteiger partial charge in [0.1, 0.15) is 0 Å². The van der Waals surface area contributed by atoms with Gasteiger partial charge in [-0.05, 0) is 42.3 Å². The van der Waals surface area contributed by atoms with Gasteiger partial charge in [0, 0.05) is 118 Å². The predicted molar refractivity (Wildman–Crippen MR) is 138 cm³/mol. The van der Waals surface area contributed by atoms with Gasteiger partial charge in [0.25, 0.3) is 0 Å². The van der Waals surface area contributed by atoms with Gasteiger partial charge in [-0.1, -0.05) is 0 Å². The minimum Gasteiger partial charge on any atom is -0.304 e. The van der Waals surface area contributed by atoms with Crippen LogP contribution in [0, 0.1) is 0 Å². The van der Waals surface area contributed by atoms with Crippen molar-refractivity contribution in [3.63, 3.8) is 0 Å². The fraction of sp³-hybridized carbons (Fsp3) is 1.00. The zero-order valence-electron chi connectivity index (χ0n) is 22.3. The van der Waals surface area contributed by atoms with Gasteiger partial charge in [-0.25, -0.2) is 0 Å². The largest absolute Gasteiger partial charge is 0.304 e. The second-order valence-electron chi connectivity index (χ2n) is 10.5. The van der Waals surface area contributed by atoms with Crippen LogP contribution < -0.4 is 0 Å². The van der Waals surface area contributed by atoms with Gasteiger partial charge in [0.2, 0.25) is 0 Å². The van der Waals surface area contributed by atoms with E-state index in [-0.39, 0.29) is 0 Å². The van der Waals surface area contributed by atoms with E-state index in [0.717, 1.165) is 78.5 Å². The SMILES string of the molecule is CN1CCN(C)CCN(CCN2CCN(C)CCN(C)CCN(C)CC2)CCN(C)CC1. The summed E-state index contributed by atoms with van der Waals surface area (Å²) in [6.45, 7) is 21.0. The molecule has 32 heavy (non-hydrogen) atoms. The maximum absolute atomic E-state index is 2.71. The molecule has 0 aliphatic carbocycles. The molecule has 0 atom stereocenters. The number of likely N-dealkylation sites (N-methyl/N-ethyl adjacent to an activating group) is 6. The second kappa shape index (κ2) is 15.6. The van der Waals surface area contributed by atoms with Crippen molar-refractivity contribution in [3.05, 3.63) is 0 Å². The van der Waals surface area contributed by atoms with Crippen LogP contribution in [0.2, 0.25) is 0 Å². The van der Waals surface area contributed by atoms with E-state index in [0.29, 0.717) is 0 Å². The fourth-order valence-electron chi connectivity index (χ4n) is 4.24. The molecule has 8 heteroatoms. The molecule has 0 spiro atoms. The van der Waals surface area contributed by atoms with E-state index in [1.165, 1.54) is 39.3 Å². The predicted octanol–water partition coefficient (Wildman–Crippen LogP) is -0.792. The first-order valence-corrected chi connectivity index (χ1v) is 12.9. The molecule has 2 rings (SSSR count). The van der Waals surface area contributed by atoms with E-state index >= 15 is 0 Å². The Morgan fingerprint density at radius 2 is 0.438 bits per heavy atom. The van der Waals surface area contributed by atoms with Crippen molar-refractivity contribution >= 4 is 0 Å². The fourth-order valence-corrected chi connectivity index (χ4v) is 4.24. The van der Waals surface area contributed by atoms with Crippen LogP contribution >= 0.6 is 0 Å². The van der Waals surface area contributed by atoms with Crippen LogP contribution in [0.3, 0.4) is 0 Å². The van der Waals surface area contributed by atoms with E-state index in [4.69, 9.17) is 0 Å². The van der Waals surface area contributed by atoms with Crippen LogP contribution in [0.1, 0.15) is 0 Å². The van der Waals surface area contributed by atoms with Crippen LogP contribution in [0.15, 0.2) is 0 Å². The van der Waals surface area contributed by atoms with Gasteiger partial charge >= 0.3 is 0 Å². The third kappa shape index (κ3) is 12.2. The highest BCUT2D eigenvalue weighted by Gasteiger charge is 2.15. The van der Waals surface area contributed by atoms with Crippen LogP contribution in [-0.2, 0) is 0 Å². The van der Waals surface area contributed by atoms with Crippen molar-refractivity contribution < 1.29 is 0 Å². The number of rotatable bonds is 3. The van der Waals surface area contributed by atoms with Gasteiger partial charge in [0.15, 0.2) is 0 Å². The summed E-state index contributed by atoms with van der Waals surface area (Å²) in [6.07, 6.45) is 0. The molecule has 0 aromatic carbocycles. The van der Waals surface area contributed by atoms with Gasteiger partial charge in [-0.15, -0.1) is 0 Å². The van der Waals surface area contributed by atoms with Gasteiger partial charge in [-0.3, -0.25) is 9.80 Å². The molecule has 0 aromatic heterocycles. The summed E-state index contributed by atoms with van der Waals surface area (Å²) in [4.78, 5) is 20.4. The normalized spacial score (nSPS) is 26.8. The van der Waals surface area contributed by atoms with Crippen LogP contribution in [0.4, 0.5) is 0 Å². The molecule has 2 heterocycles. The molecule has 2 aliphatic heterocycles. The zero-order valence-corrected chi connectivity index (χ0v) is 22.3. The molecule has 8 nitrogen and oxygen atoms in total. The maximum Gasteiger partial charge on any atom is 0.0110 e. The van der Waals surface area contributed by atoms with Crippen LogP contribution in [-0.4, -0.2) is 199 Å². The molecule has 0 aromatic rings. The highest BCUT2D eigenvalue weighted by atomic mass is 15.3. The number of nitrogens with zero attached hydrogens (tertiary/aromatic N) is 8. The third-order valence-electron chi connectivity index (χ3n) is 7.38. The molecule has 0 radical (unpaired) electrons. The highest BCUT2D eigenvalue weighted by Crippen LogP contribution is 2.00. The van der Waals surface area contributed by atoms with Crippen molar-refractivity contribution in [2.24, 2.45) is 0 Å². The zero-order chi connectivity index (χ0) is 23.3. The smallest absolute Gasteiger partial charge is 0.0110 e. The summed E-state index contributed by atoms with van der Waals surface area (Å²) in [5.74, 6) is 0. The van der Waals surface area contributed by atoms with E-state index < -0.39 is 0 Å². The first kappa shape index (κ1) is 27.9. The standard InChI is InChI=1S/C24H54N8/c1-25-7-11-27(3)15-19-31(20-16-28(4)12-8-25)23-24-32-21-17-29(5)13-9-26(2)10-14-30(6)18-22-32/h7-24H2,1-6H3. The Balaban J connectivity index is 1.87. The van der Waals surface area contributed by atoms with Crippen molar-refractivity contribution in [1.82, 2.24) is 39.2 Å². The Bertz CT molecular complexity index is 401. The molecule has 0 bridgehead atoms. The Kier molecular flexibility index (Phi) is 13.6. The molecule has 0 amide bonds. The van der Waals surface area contributed by atoms with Gasteiger partial charge in [0.05, 0.1) is 0 Å². The third-order valence-corrected chi connectivity index (χ3v) is 7.38. The van der Waals surface area contributed by atoms with Crippen LogP contribution in [0.25, 0.3) is 0 Å². The lowest BCUT2D eigenvalue weighted by atomic mass is 10.3. The lowest BCUT2D eigenvalue weighted by molar-refractivity contribution is 0.134. The quantitative estimate of drug-likeness (QED) is 0.547. The average Bonchev–Trinajstić information content (AvgIpc) is 2.77. The Labute approximate surface area is 199 Å². The minimum atomic E-state index is 1.16. The van der Waals surface area contributed by atoms with Crippen LogP contribution in [0.5, 0.6) is 0 Å². The van der Waals surface area contributed by atoms with Crippen molar-refractivity contribution in [1.29, 1.82) is 0 Å². The van der Waals surface area contributed by atoms with E-state index in [9.17, 15) is 0 Å². The molecule has 0 N–H and O–H groups in total.